The molecule has 4 nitrogen and oxygen atoms in total. The van der Waals surface area contributed by atoms with Crippen molar-refractivity contribution in [2.45, 2.75) is 19.4 Å². The van der Waals surface area contributed by atoms with Gasteiger partial charge in [0.2, 0.25) is 0 Å². The molecule has 0 aliphatic rings. The average molecular weight is 277 g/mol. The second-order valence-electron chi connectivity index (χ2n) is 4.39. The summed E-state index contributed by atoms with van der Waals surface area (Å²) in [6, 6.07) is 3.80. The van der Waals surface area contributed by atoms with E-state index < -0.39 is 17.3 Å². The molecule has 0 unspecified atom stereocenters. The second-order valence-corrected chi connectivity index (χ2v) is 4.39. The molecule has 1 aromatic rings. The van der Waals surface area contributed by atoms with Gasteiger partial charge in [0.1, 0.15) is 11.6 Å². The fourth-order valence-electron chi connectivity index (χ4n) is 1.28. The van der Waals surface area contributed by atoms with Crippen LogP contribution >= 0.6 is 12.4 Å². The number of carbonyl (C=O) groups excluding carboxylic acids is 1. The first-order valence-corrected chi connectivity index (χ1v) is 5.26. The van der Waals surface area contributed by atoms with Gasteiger partial charge in [0.05, 0.1) is 12.7 Å². The number of hydrogen-bond acceptors (Lipinski definition) is 3. The van der Waals surface area contributed by atoms with Crippen LogP contribution in [-0.4, -0.2) is 25.1 Å². The van der Waals surface area contributed by atoms with Gasteiger partial charge < -0.3 is 15.8 Å². The third kappa shape index (κ3) is 4.16. The molecular formula is C12H18ClFN2O2. The summed E-state index contributed by atoms with van der Waals surface area (Å²) < 4.78 is 18.1. The normalized spacial score (nSPS) is 10.5. The molecule has 0 aliphatic carbocycles. The van der Waals surface area contributed by atoms with Crippen LogP contribution in [-0.2, 0) is 0 Å². The highest BCUT2D eigenvalue weighted by Crippen LogP contribution is 2.19. The highest BCUT2D eigenvalue weighted by Gasteiger charge is 2.21. The van der Waals surface area contributed by atoms with E-state index in [1.807, 2.05) is 0 Å². The Bertz CT molecular complexity index is 425. The molecule has 0 atom stereocenters. The molecule has 18 heavy (non-hydrogen) atoms. The zero-order chi connectivity index (χ0) is 13.1. The van der Waals surface area contributed by atoms with E-state index in [1.165, 1.54) is 19.2 Å². The Morgan fingerprint density at radius 2 is 2.11 bits per heavy atom. The first kappa shape index (κ1) is 16.7. The molecule has 3 N–H and O–H groups in total. The first-order chi connectivity index (χ1) is 7.89. The summed E-state index contributed by atoms with van der Waals surface area (Å²) in [5.41, 5.74) is 5.13. The summed E-state index contributed by atoms with van der Waals surface area (Å²) in [6.07, 6.45) is 0. The van der Waals surface area contributed by atoms with Crippen molar-refractivity contribution in [3.05, 3.63) is 29.6 Å². The third-order valence-electron chi connectivity index (χ3n) is 2.37. The summed E-state index contributed by atoms with van der Waals surface area (Å²) in [5.74, 6) is -0.560. The minimum absolute atomic E-state index is 0. The van der Waals surface area contributed by atoms with E-state index in [1.54, 1.807) is 13.8 Å². The first-order valence-electron chi connectivity index (χ1n) is 5.26. The van der Waals surface area contributed by atoms with Crippen molar-refractivity contribution < 1.29 is 13.9 Å². The Hall–Kier alpha value is -1.33. The van der Waals surface area contributed by atoms with Gasteiger partial charge in [0.25, 0.3) is 5.91 Å². The highest BCUT2D eigenvalue weighted by atomic mass is 35.5. The zero-order valence-electron chi connectivity index (χ0n) is 10.6. The van der Waals surface area contributed by atoms with Gasteiger partial charge >= 0.3 is 0 Å². The minimum Gasteiger partial charge on any atom is -0.496 e. The van der Waals surface area contributed by atoms with Crippen LogP contribution in [0.1, 0.15) is 24.2 Å². The molecule has 0 spiro atoms. The van der Waals surface area contributed by atoms with Gasteiger partial charge in [-0.25, -0.2) is 4.39 Å². The van der Waals surface area contributed by atoms with E-state index in [9.17, 15) is 9.18 Å². The third-order valence-corrected chi connectivity index (χ3v) is 2.37. The van der Waals surface area contributed by atoms with Crippen LogP contribution in [0.15, 0.2) is 18.2 Å². The number of ether oxygens (including phenoxy) is 1. The number of rotatable bonds is 4. The number of hydrogen-bond donors (Lipinski definition) is 2. The molecule has 0 fully saturated rings. The average Bonchev–Trinajstić information content (AvgIpc) is 2.28. The SMILES string of the molecule is COc1ccc(F)cc1C(=O)NC(C)(C)CN.Cl. The fourth-order valence-corrected chi connectivity index (χ4v) is 1.28. The lowest BCUT2D eigenvalue weighted by Gasteiger charge is -2.24. The molecular weight excluding hydrogens is 259 g/mol. The summed E-state index contributed by atoms with van der Waals surface area (Å²) >= 11 is 0. The molecule has 0 heterocycles. The molecule has 0 saturated carbocycles. The molecule has 0 aliphatic heterocycles. The molecule has 6 heteroatoms. The van der Waals surface area contributed by atoms with Crippen molar-refractivity contribution in [2.24, 2.45) is 5.73 Å². The van der Waals surface area contributed by atoms with E-state index >= 15 is 0 Å². The minimum atomic E-state index is -0.547. The summed E-state index contributed by atoms with van der Waals surface area (Å²) in [7, 11) is 1.43. The lowest BCUT2D eigenvalue weighted by atomic mass is 10.0. The van der Waals surface area contributed by atoms with E-state index in [4.69, 9.17) is 10.5 Å². The Labute approximate surface area is 112 Å². The number of nitrogens with two attached hydrogens (primary N) is 1. The standard InChI is InChI=1S/C12H17FN2O2.ClH/c1-12(2,7-14)15-11(16)9-6-8(13)4-5-10(9)17-3;/h4-6H,7,14H2,1-3H3,(H,15,16);1H. The van der Waals surface area contributed by atoms with Crippen molar-refractivity contribution in [1.82, 2.24) is 5.32 Å². The quantitative estimate of drug-likeness (QED) is 0.880. The predicted molar refractivity (Wildman–Crippen MR) is 70.8 cm³/mol. The molecule has 0 bridgehead atoms. The summed E-state index contributed by atoms with van der Waals surface area (Å²) in [6.45, 7) is 3.86. The Morgan fingerprint density at radius 3 is 2.61 bits per heavy atom. The zero-order valence-corrected chi connectivity index (χ0v) is 11.4. The van der Waals surface area contributed by atoms with E-state index in [0.717, 1.165) is 6.07 Å². The molecule has 102 valence electrons. The van der Waals surface area contributed by atoms with Crippen LogP contribution in [0.4, 0.5) is 4.39 Å². The lowest BCUT2D eigenvalue weighted by Crippen LogP contribution is -2.48. The maximum atomic E-state index is 13.1. The van der Waals surface area contributed by atoms with Crippen LogP contribution < -0.4 is 15.8 Å². The van der Waals surface area contributed by atoms with E-state index in [0.29, 0.717) is 5.75 Å². The van der Waals surface area contributed by atoms with Crippen LogP contribution in [0.3, 0.4) is 0 Å². The van der Waals surface area contributed by atoms with Crippen LogP contribution in [0.2, 0.25) is 0 Å². The number of methoxy groups -OCH3 is 1. The smallest absolute Gasteiger partial charge is 0.255 e. The van der Waals surface area contributed by atoms with Gasteiger partial charge in [-0.05, 0) is 32.0 Å². The largest absolute Gasteiger partial charge is 0.496 e. The van der Waals surface area contributed by atoms with Crippen molar-refractivity contribution in [2.75, 3.05) is 13.7 Å². The van der Waals surface area contributed by atoms with E-state index in [-0.39, 0.29) is 24.5 Å². The van der Waals surface area contributed by atoms with Crippen molar-refractivity contribution in [3.8, 4) is 5.75 Å². The molecule has 0 aromatic heterocycles. The van der Waals surface area contributed by atoms with Gasteiger partial charge in [-0.1, -0.05) is 0 Å². The fraction of sp³-hybridized carbons (Fsp3) is 0.417. The number of nitrogens with one attached hydrogen (secondary N) is 1. The van der Waals surface area contributed by atoms with Crippen molar-refractivity contribution >= 4 is 18.3 Å². The second kappa shape index (κ2) is 6.56. The van der Waals surface area contributed by atoms with Crippen LogP contribution in [0, 0.1) is 5.82 Å². The number of carbonyl (C=O) groups is 1. The lowest BCUT2D eigenvalue weighted by molar-refractivity contribution is 0.0912. The monoisotopic (exact) mass is 276 g/mol. The summed E-state index contributed by atoms with van der Waals surface area (Å²) in [5, 5.41) is 2.71. The predicted octanol–water partition coefficient (Wildman–Crippen LogP) is 1.72. The topological polar surface area (TPSA) is 64.3 Å². The van der Waals surface area contributed by atoms with Crippen molar-refractivity contribution in [3.63, 3.8) is 0 Å². The van der Waals surface area contributed by atoms with Gasteiger partial charge in [-0.2, -0.15) is 0 Å². The maximum Gasteiger partial charge on any atom is 0.255 e. The Kier molecular flexibility index (Phi) is 6.08. The van der Waals surface area contributed by atoms with E-state index in [2.05, 4.69) is 5.32 Å². The number of halogens is 2. The molecule has 1 rings (SSSR count). The van der Waals surface area contributed by atoms with Gasteiger partial charge in [-0.15, -0.1) is 12.4 Å². The molecule has 1 aromatic carbocycles. The van der Waals surface area contributed by atoms with Crippen LogP contribution in [0.25, 0.3) is 0 Å². The van der Waals surface area contributed by atoms with Gasteiger partial charge in [0.15, 0.2) is 0 Å². The molecule has 1 amide bonds. The Morgan fingerprint density at radius 1 is 1.50 bits per heavy atom. The van der Waals surface area contributed by atoms with Gasteiger partial charge in [-0.3, -0.25) is 4.79 Å². The molecule has 0 saturated heterocycles. The summed E-state index contributed by atoms with van der Waals surface area (Å²) in [4.78, 5) is 11.9. The van der Waals surface area contributed by atoms with Crippen LogP contribution in [0.5, 0.6) is 5.75 Å². The highest BCUT2D eigenvalue weighted by molar-refractivity contribution is 5.97. The number of amides is 1. The van der Waals surface area contributed by atoms with Crippen molar-refractivity contribution in [1.29, 1.82) is 0 Å². The number of benzene rings is 1. The Balaban J connectivity index is 0.00000289. The molecule has 0 radical (unpaired) electrons. The maximum absolute atomic E-state index is 13.1. The van der Waals surface area contributed by atoms with Gasteiger partial charge in [0, 0.05) is 12.1 Å².